The number of rotatable bonds is 11. The fourth-order valence-corrected chi connectivity index (χ4v) is 3.09. The van der Waals surface area contributed by atoms with E-state index in [2.05, 4.69) is 5.10 Å². The Morgan fingerprint density at radius 3 is 2.61 bits per heavy atom. The number of nitrogens with zero attached hydrogens (tertiary/aromatic N) is 2. The van der Waals surface area contributed by atoms with Gasteiger partial charge in [-0.05, 0) is 42.3 Å². The number of ketones is 1. The standard InChI is InChI=1S/C23H26F2N2O4/c1-15(2)12-31-22-7-5-19(30-14-23(24)25)9-18(22)11-27-20-6-4-16(21(28)13-29-3)8-17(20)10-26-27/h4-10,15,23H,11-14H2,1-3H3. The first kappa shape index (κ1) is 22.7. The molecule has 0 aliphatic rings. The molecule has 0 atom stereocenters. The molecule has 0 spiro atoms. The number of hydrogen-bond acceptors (Lipinski definition) is 5. The van der Waals surface area contributed by atoms with Crippen molar-refractivity contribution in [1.82, 2.24) is 9.78 Å². The summed E-state index contributed by atoms with van der Waals surface area (Å²) in [5, 5.41) is 5.25. The van der Waals surface area contributed by atoms with E-state index in [0.717, 1.165) is 16.5 Å². The zero-order valence-corrected chi connectivity index (χ0v) is 17.8. The zero-order chi connectivity index (χ0) is 22.4. The van der Waals surface area contributed by atoms with Crippen molar-refractivity contribution in [1.29, 1.82) is 0 Å². The van der Waals surface area contributed by atoms with Crippen molar-refractivity contribution in [3.63, 3.8) is 0 Å². The van der Waals surface area contributed by atoms with Gasteiger partial charge in [0.05, 0.1) is 24.9 Å². The number of halogens is 2. The highest BCUT2D eigenvalue weighted by Crippen LogP contribution is 2.27. The highest BCUT2D eigenvalue weighted by Gasteiger charge is 2.13. The maximum Gasteiger partial charge on any atom is 0.272 e. The second-order valence-electron chi connectivity index (χ2n) is 7.61. The van der Waals surface area contributed by atoms with E-state index in [0.29, 0.717) is 36.1 Å². The van der Waals surface area contributed by atoms with Crippen molar-refractivity contribution in [3.8, 4) is 11.5 Å². The molecule has 0 aliphatic heterocycles. The highest BCUT2D eigenvalue weighted by molar-refractivity contribution is 6.00. The van der Waals surface area contributed by atoms with Crippen LogP contribution in [0.25, 0.3) is 10.9 Å². The van der Waals surface area contributed by atoms with Gasteiger partial charge in [-0.3, -0.25) is 9.48 Å². The van der Waals surface area contributed by atoms with E-state index in [1.165, 1.54) is 7.11 Å². The summed E-state index contributed by atoms with van der Waals surface area (Å²) >= 11 is 0. The fraction of sp³-hybridized carbons (Fsp3) is 0.391. The Hall–Kier alpha value is -3.00. The Morgan fingerprint density at radius 2 is 1.90 bits per heavy atom. The van der Waals surface area contributed by atoms with E-state index < -0.39 is 13.0 Å². The molecule has 3 rings (SSSR count). The van der Waals surface area contributed by atoms with Gasteiger partial charge >= 0.3 is 0 Å². The Bertz CT molecular complexity index is 1030. The molecule has 8 heteroatoms. The van der Waals surface area contributed by atoms with Gasteiger partial charge in [0.15, 0.2) is 5.78 Å². The van der Waals surface area contributed by atoms with Crippen molar-refractivity contribution in [2.45, 2.75) is 26.8 Å². The number of Topliss-reactive ketones (excluding diaryl/α,β-unsaturated/α-hetero) is 1. The third-order valence-corrected chi connectivity index (χ3v) is 4.54. The van der Waals surface area contributed by atoms with Crippen molar-refractivity contribution in [3.05, 3.63) is 53.7 Å². The number of fused-ring (bicyclic) bond motifs is 1. The largest absolute Gasteiger partial charge is 0.493 e. The lowest BCUT2D eigenvalue weighted by molar-refractivity contribution is 0.0818. The Labute approximate surface area is 179 Å². The van der Waals surface area contributed by atoms with Crippen molar-refractivity contribution >= 4 is 16.7 Å². The third kappa shape index (κ3) is 6.01. The number of carbonyl (C=O) groups excluding carboxylic acids is 1. The number of aromatic nitrogens is 2. The quantitative estimate of drug-likeness (QED) is 0.415. The van der Waals surface area contributed by atoms with E-state index >= 15 is 0 Å². The van der Waals surface area contributed by atoms with Crippen LogP contribution in [0.1, 0.15) is 29.8 Å². The van der Waals surface area contributed by atoms with Gasteiger partial charge in [0.1, 0.15) is 24.7 Å². The molecule has 1 heterocycles. The smallest absolute Gasteiger partial charge is 0.272 e. The summed E-state index contributed by atoms with van der Waals surface area (Å²) in [6, 6.07) is 10.4. The molecule has 0 N–H and O–H groups in total. The molecular formula is C23H26F2N2O4. The summed E-state index contributed by atoms with van der Waals surface area (Å²) in [4.78, 5) is 12.1. The summed E-state index contributed by atoms with van der Waals surface area (Å²) in [5.41, 5.74) is 2.15. The normalized spacial score (nSPS) is 11.5. The van der Waals surface area contributed by atoms with Gasteiger partial charge in [0.2, 0.25) is 0 Å². The summed E-state index contributed by atoms with van der Waals surface area (Å²) in [5.74, 6) is 1.21. The molecule has 6 nitrogen and oxygen atoms in total. The lowest BCUT2D eigenvalue weighted by Gasteiger charge is -2.15. The minimum Gasteiger partial charge on any atom is -0.493 e. The molecule has 0 amide bonds. The average Bonchev–Trinajstić information content (AvgIpc) is 3.13. The summed E-state index contributed by atoms with van der Waals surface area (Å²) in [7, 11) is 1.48. The van der Waals surface area contributed by atoms with E-state index in [-0.39, 0.29) is 12.4 Å². The van der Waals surface area contributed by atoms with Crippen LogP contribution in [-0.4, -0.2) is 48.9 Å². The Morgan fingerprint density at radius 1 is 1.10 bits per heavy atom. The van der Waals surface area contributed by atoms with Gasteiger partial charge in [0, 0.05) is 23.6 Å². The van der Waals surface area contributed by atoms with Gasteiger partial charge in [-0.2, -0.15) is 5.10 Å². The molecule has 0 radical (unpaired) electrons. The summed E-state index contributed by atoms with van der Waals surface area (Å²) in [6.07, 6.45) is -0.865. The van der Waals surface area contributed by atoms with Crippen LogP contribution in [-0.2, 0) is 11.3 Å². The first-order valence-corrected chi connectivity index (χ1v) is 10.0. The SMILES string of the molecule is COCC(=O)c1ccc2c(cnn2Cc2cc(OCC(F)F)ccc2OCC(C)C)c1. The van der Waals surface area contributed by atoms with Gasteiger partial charge < -0.3 is 14.2 Å². The van der Waals surface area contributed by atoms with Gasteiger partial charge in [0.25, 0.3) is 6.43 Å². The van der Waals surface area contributed by atoms with E-state index in [1.807, 2.05) is 19.9 Å². The molecule has 0 bridgehead atoms. The molecule has 0 saturated carbocycles. The molecule has 3 aromatic rings. The predicted octanol–water partition coefficient (Wildman–Crippen LogP) is 4.59. The average molecular weight is 432 g/mol. The fourth-order valence-electron chi connectivity index (χ4n) is 3.09. The number of benzene rings is 2. The Balaban J connectivity index is 1.88. The topological polar surface area (TPSA) is 62.6 Å². The van der Waals surface area contributed by atoms with Crippen LogP contribution in [0.2, 0.25) is 0 Å². The van der Waals surface area contributed by atoms with Crippen LogP contribution < -0.4 is 9.47 Å². The van der Waals surface area contributed by atoms with Crippen LogP contribution in [0, 0.1) is 5.92 Å². The predicted molar refractivity (Wildman–Crippen MR) is 113 cm³/mol. The maximum absolute atomic E-state index is 12.5. The molecule has 2 aromatic carbocycles. The van der Waals surface area contributed by atoms with Crippen molar-refractivity contribution in [2.75, 3.05) is 26.9 Å². The number of carbonyl (C=O) groups is 1. The summed E-state index contributed by atoms with van der Waals surface area (Å²) < 4.78 is 42.8. The van der Waals surface area contributed by atoms with Crippen molar-refractivity contribution in [2.24, 2.45) is 5.92 Å². The molecule has 0 saturated heterocycles. The number of ether oxygens (including phenoxy) is 3. The third-order valence-electron chi connectivity index (χ3n) is 4.54. The number of hydrogen-bond donors (Lipinski definition) is 0. The minimum absolute atomic E-state index is 0.0155. The molecule has 1 aromatic heterocycles. The molecule has 166 valence electrons. The first-order chi connectivity index (χ1) is 14.9. The van der Waals surface area contributed by atoms with Crippen LogP contribution in [0.3, 0.4) is 0 Å². The van der Waals surface area contributed by atoms with E-state index in [9.17, 15) is 13.6 Å². The van der Waals surface area contributed by atoms with Crippen LogP contribution in [0.5, 0.6) is 11.5 Å². The highest BCUT2D eigenvalue weighted by atomic mass is 19.3. The van der Waals surface area contributed by atoms with E-state index in [4.69, 9.17) is 14.2 Å². The molecule has 0 aliphatic carbocycles. The summed E-state index contributed by atoms with van der Waals surface area (Å²) in [6.45, 7) is 4.31. The maximum atomic E-state index is 12.5. The lowest BCUT2D eigenvalue weighted by Crippen LogP contribution is -2.10. The minimum atomic E-state index is -2.55. The van der Waals surface area contributed by atoms with Gasteiger partial charge in [-0.1, -0.05) is 13.8 Å². The van der Waals surface area contributed by atoms with Gasteiger partial charge in [-0.15, -0.1) is 0 Å². The lowest BCUT2D eigenvalue weighted by atomic mass is 10.1. The van der Waals surface area contributed by atoms with Crippen LogP contribution in [0.15, 0.2) is 42.6 Å². The van der Waals surface area contributed by atoms with Crippen molar-refractivity contribution < 1.29 is 27.8 Å². The first-order valence-electron chi connectivity index (χ1n) is 10.0. The zero-order valence-electron chi connectivity index (χ0n) is 17.8. The molecule has 0 fully saturated rings. The number of alkyl halides is 2. The molecular weight excluding hydrogens is 406 g/mol. The number of methoxy groups -OCH3 is 1. The van der Waals surface area contributed by atoms with E-state index in [1.54, 1.807) is 41.2 Å². The molecule has 31 heavy (non-hydrogen) atoms. The Kier molecular flexibility index (Phi) is 7.57. The van der Waals surface area contributed by atoms with Crippen LogP contribution in [0.4, 0.5) is 8.78 Å². The molecule has 0 unspecified atom stereocenters. The monoisotopic (exact) mass is 432 g/mol. The van der Waals surface area contributed by atoms with Gasteiger partial charge in [-0.25, -0.2) is 8.78 Å². The second-order valence-corrected chi connectivity index (χ2v) is 7.61. The van der Waals surface area contributed by atoms with Crippen LogP contribution >= 0.6 is 0 Å². The second kappa shape index (κ2) is 10.3.